The highest BCUT2D eigenvalue weighted by Crippen LogP contribution is 2.35. The van der Waals surface area contributed by atoms with Crippen LogP contribution in [0.3, 0.4) is 0 Å². The van der Waals surface area contributed by atoms with Gasteiger partial charge in [-0.05, 0) is 48.5 Å². The fourth-order valence-corrected chi connectivity index (χ4v) is 5.11. The molecule has 0 saturated carbocycles. The topological polar surface area (TPSA) is 154 Å². The molecule has 1 N–H and O–H groups in total. The minimum Gasteiger partial charge on any atom is -0.497 e. The van der Waals surface area contributed by atoms with Crippen LogP contribution >= 0.6 is 0 Å². The van der Waals surface area contributed by atoms with Gasteiger partial charge in [0.2, 0.25) is 0 Å². The zero-order valence-corrected chi connectivity index (χ0v) is 22.2. The molecular weight excluding hydrogens is 540 g/mol. The Morgan fingerprint density at radius 1 is 1.02 bits per heavy atom. The summed E-state index contributed by atoms with van der Waals surface area (Å²) in [5.41, 5.74) is 2.98. The Kier molecular flexibility index (Phi) is 8.45. The molecule has 1 heterocycles. The molecule has 4 rings (SSSR count). The number of methoxy groups -OCH3 is 2. The number of carbonyl (C=O) groups is 1. The number of nitro groups is 1. The number of nitro benzene ring substituents is 1. The van der Waals surface area contributed by atoms with Gasteiger partial charge in [-0.25, -0.2) is 13.8 Å². The van der Waals surface area contributed by atoms with Gasteiger partial charge in [-0.15, -0.1) is 0 Å². The van der Waals surface area contributed by atoms with E-state index < -0.39 is 27.4 Å². The van der Waals surface area contributed by atoms with Gasteiger partial charge in [0, 0.05) is 23.8 Å². The van der Waals surface area contributed by atoms with E-state index in [2.05, 4.69) is 10.5 Å². The molecule has 0 fully saturated rings. The highest BCUT2D eigenvalue weighted by atomic mass is 32.2. The molecule has 206 valence electrons. The smallest absolute Gasteiger partial charge is 0.269 e. The number of furan rings is 1. The molecule has 13 heteroatoms. The summed E-state index contributed by atoms with van der Waals surface area (Å²) in [6.07, 6.45) is 1.24. The van der Waals surface area contributed by atoms with E-state index in [-0.39, 0.29) is 27.8 Å². The first-order valence-corrected chi connectivity index (χ1v) is 13.1. The number of anilines is 1. The number of hydrogen-bond acceptors (Lipinski definition) is 9. The van der Waals surface area contributed by atoms with Crippen LogP contribution in [0.25, 0.3) is 11.3 Å². The quantitative estimate of drug-likeness (QED) is 0.161. The fourth-order valence-electron chi connectivity index (χ4n) is 3.67. The Labute approximate surface area is 229 Å². The molecule has 0 bridgehead atoms. The summed E-state index contributed by atoms with van der Waals surface area (Å²) >= 11 is 0. The number of benzene rings is 3. The van der Waals surface area contributed by atoms with Gasteiger partial charge in [-0.2, -0.15) is 5.10 Å². The van der Waals surface area contributed by atoms with Crippen LogP contribution in [0.4, 0.5) is 11.4 Å². The number of hydrazone groups is 1. The minimum absolute atomic E-state index is 0.0227. The van der Waals surface area contributed by atoms with Gasteiger partial charge in [-0.3, -0.25) is 19.2 Å². The van der Waals surface area contributed by atoms with Crippen LogP contribution in [0, 0.1) is 10.1 Å². The molecule has 3 aromatic carbocycles. The van der Waals surface area contributed by atoms with Crippen molar-refractivity contribution in [2.75, 3.05) is 25.1 Å². The Morgan fingerprint density at radius 3 is 2.40 bits per heavy atom. The summed E-state index contributed by atoms with van der Waals surface area (Å²) in [5.74, 6) is 0.572. The average Bonchev–Trinajstić information content (AvgIpc) is 3.45. The first-order chi connectivity index (χ1) is 19.2. The maximum atomic E-state index is 13.6. The van der Waals surface area contributed by atoms with Crippen molar-refractivity contribution in [3.05, 3.63) is 101 Å². The molecular formula is C27H24N4O8S. The van der Waals surface area contributed by atoms with Crippen molar-refractivity contribution < 1.29 is 32.0 Å². The normalized spacial score (nSPS) is 11.2. The number of ether oxygens (including phenoxy) is 2. The summed E-state index contributed by atoms with van der Waals surface area (Å²) in [7, 11) is -1.37. The molecule has 0 radical (unpaired) electrons. The zero-order valence-electron chi connectivity index (χ0n) is 21.4. The Bertz CT molecular complexity index is 1630. The predicted octanol–water partition coefficient (Wildman–Crippen LogP) is 4.22. The number of carbonyl (C=O) groups excluding carboxylic acids is 1. The lowest BCUT2D eigenvalue weighted by atomic mass is 10.1. The Hall–Kier alpha value is -5.17. The van der Waals surface area contributed by atoms with Crippen LogP contribution in [-0.2, 0) is 14.8 Å². The van der Waals surface area contributed by atoms with E-state index in [1.165, 1.54) is 56.8 Å². The van der Waals surface area contributed by atoms with Gasteiger partial charge in [0.25, 0.3) is 21.6 Å². The molecule has 0 unspecified atom stereocenters. The SMILES string of the molecule is COc1ccc(OC)c(N(CC(=O)N/N=C\c2ccc(-c3ccc([N+](=O)[O-])cc3)o2)S(=O)(=O)c2ccccc2)c1. The molecule has 1 amide bonds. The number of amides is 1. The second-order valence-electron chi connectivity index (χ2n) is 8.16. The van der Waals surface area contributed by atoms with Gasteiger partial charge in [0.05, 0.1) is 35.9 Å². The van der Waals surface area contributed by atoms with Crippen LogP contribution < -0.4 is 19.2 Å². The second kappa shape index (κ2) is 12.1. The van der Waals surface area contributed by atoms with Crippen LogP contribution in [0.5, 0.6) is 11.5 Å². The van der Waals surface area contributed by atoms with E-state index in [0.29, 0.717) is 17.1 Å². The van der Waals surface area contributed by atoms with E-state index >= 15 is 0 Å². The summed E-state index contributed by atoms with van der Waals surface area (Å²) in [6.45, 7) is -0.621. The molecule has 4 aromatic rings. The van der Waals surface area contributed by atoms with Gasteiger partial charge in [-0.1, -0.05) is 18.2 Å². The number of nitrogens with zero attached hydrogens (tertiary/aromatic N) is 3. The number of sulfonamides is 1. The standard InChI is InChI=1S/C27H24N4O8S/c1-37-21-12-15-26(38-2)24(16-21)30(40(35,36)23-6-4-3-5-7-23)18-27(32)29-28-17-22-13-14-25(39-22)19-8-10-20(11-9-19)31(33)34/h3-17H,18H2,1-2H3,(H,29,32)/b28-17-. The molecule has 1 aromatic heterocycles. The van der Waals surface area contributed by atoms with Crippen molar-refractivity contribution in [2.45, 2.75) is 4.90 Å². The summed E-state index contributed by atoms with van der Waals surface area (Å²) in [6, 6.07) is 21.3. The van der Waals surface area contributed by atoms with E-state index in [9.17, 15) is 23.3 Å². The highest BCUT2D eigenvalue weighted by molar-refractivity contribution is 7.92. The first-order valence-electron chi connectivity index (χ1n) is 11.7. The van der Waals surface area contributed by atoms with Crippen molar-refractivity contribution in [1.82, 2.24) is 5.43 Å². The predicted molar refractivity (Wildman–Crippen MR) is 147 cm³/mol. The third kappa shape index (κ3) is 6.27. The van der Waals surface area contributed by atoms with E-state index in [1.54, 1.807) is 48.5 Å². The maximum absolute atomic E-state index is 13.6. The summed E-state index contributed by atoms with van der Waals surface area (Å²) < 4.78 is 44.4. The van der Waals surface area contributed by atoms with Crippen LogP contribution in [-0.4, -0.2) is 46.2 Å². The van der Waals surface area contributed by atoms with E-state index in [1.807, 2.05) is 0 Å². The maximum Gasteiger partial charge on any atom is 0.269 e. The fraction of sp³-hybridized carbons (Fsp3) is 0.111. The summed E-state index contributed by atoms with van der Waals surface area (Å²) in [5, 5.41) is 14.7. The lowest BCUT2D eigenvalue weighted by Crippen LogP contribution is -2.39. The molecule has 0 spiro atoms. The number of non-ortho nitro benzene ring substituents is 1. The van der Waals surface area contributed by atoms with Gasteiger partial charge >= 0.3 is 0 Å². The van der Waals surface area contributed by atoms with E-state index in [0.717, 1.165) is 4.31 Å². The van der Waals surface area contributed by atoms with Crippen LogP contribution in [0.15, 0.2) is 99.3 Å². The van der Waals surface area contributed by atoms with Crippen molar-refractivity contribution in [3.63, 3.8) is 0 Å². The van der Waals surface area contributed by atoms with Gasteiger partial charge in [0.15, 0.2) is 0 Å². The summed E-state index contributed by atoms with van der Waals surface area (Å²) in [4.78, 5) is 23.2. The Balaban J connectivity index is 1.54. The van der Waals surface area contributed by atoms with Crippen molar-refractivity contribution in [1.29, 1.82) is 0 Å². The molecule has 0 aliphatic rings. The van der Waals surface area contributed by atoms with Crippen molar-refractivity contribution in [2.24, 2.45) is 5.10 Å². The van der Waals surface area contributed by atoms with Gasteiger partial charge < -0.3 is 13.9 Å². The number of nitrogens with one attached hydrogen (secondary N) is 1. The van der Waals surface area contributed by atoms with Crippen LogP contribution in [0.2, 0.25) is 0 Å². The zero-order chi connectivity index (χ0) is 28.7. The molecule has 0 atom stereocenters. The molecule has 0 aliphatic carbocycles. The minimum atomic E-state index is -4.20. The lowest BCUT2D eigenvalue weighted by Gasteiger charge is -2.25. The van der Waals surface area contributed by atoms with Crippen LogP contribution in [0.1, 0.15) is 5.76 Å². The molecule has 40 heavy (non-hydrogen) atoms. The largest absolute Gasteiger partial charge is 0.497 e. The van der Waals surface area contributed by atoms with Gasteiger partial charge in [0.1, 0.15) is 29.6 Å². The average molecular weight is 565 g/mol. The third-order valence-corrected chi connectivity index (χ3v) is 7.42. The lowest BCUT2D eigenvalue weighted by molar-refractivity contribution is -0.384. The monoisotopic (exact) mass is 564 g/mol. The second-order valence-corrected chi connectivity index (χ2v) is 10.0. The number of rotatable bonds is 11. The Morgan fingerprint density at radius 2 is 1.75 bits per heavy atom. The first kappa shape index (κ1) is 27.9. The molecule has 0 aliphatic heterocycles. The van der Waals surface area contributed by atoms with E-state index in [4.69, 9.17) is 13.9 Å². The third-order valence-electron chi connectivity index (χ3n) is 5.64. The van der Waals surface area contributed by atoms with Crippen molar-refractivity contribution >= 4 is 33.5 Å². The van der Waals surface area contributed by atoms with Crippen molar-refractivity contribution in [3.8, 4) is 22.8 Å². The molecule has 0 saturated heterocycles. The molecule has 12 nitrogen and oxygen atoms in total. The number of hydrogen-bond donors (Lipinski definition) is 1. The highest BCUT2D eigenvalue weighted by Gasteiger charge is 2.30.